The Kier molecular flexibility index (Phi) is 3.51. The van der Waals surface area contributed by atoms with Crippen molar-refractivity contribution in [1.82, 2.24) is 10.2 Å². The van der Waals surface area contributed by atoms with Crippen LogP contribution in [0.2, 0.25) is 0 Å². The predicted octanol–water partition coefficient (Wildman–Crippen LogP) is 3.82. The number of nitrogens with one attached hydrogen (secondary N) is 1. The second kappa shape index (κ2) is 5.63. The van der Waals surface area contributed by atoms with Gasteiger partial charge in [-0.3, -0.25) is 0 Å². The fourth-order valence-corrected chi connectivity index (χ4v) is 2.32. The zero-order valence-electron chi connectivity index (χ0n) is 10.3. The lowest BCUT2D eigenvalue weighted by atomic mass is 10.0. The molecule has 0 atom stereocenters. The normalized spacial score (nSPS) is 10.3. The molecule has 0 saturated heterocycles. The molecular formula is C15H13N3S. The van der Waals surface area contributed by atoms with E-state index in [1.807, 2.05) is 6.07 Å². The number of aromatic nitrogens is 2. The van der Waals surface area contributed by atoms with Crippen molar-refractivity contribution in [2.24, 2.45) is 0 Å². The van der Waals surface area contributed by atoms with E-state index >= 15 is 0 Å². The van der Waals surface area contributed by atoms with E-state index in [1.54, 1.807) is 5.51 Å². The lowest BCUT2D eigenvalue weighted by Crippen LogP contribution is -1.98. The summed E-state index contributed by atoms with van der Waals surface area (Å²) >= 11 is 1.51. The first kappa shape index (κ1) is 11.9. The number of nitrogens with zero attached hydrogens (tertiary/aromatic N) is 2. The van der Waals surface area contributed by atoms with Crippen LogP contribution in [-0.4, -0.2) is 10.2 Å². The minimum absolute atomic E-state index is 0.768. The molecule has 1 N–H and O–H groups in total. The zero-order valence-corrected chi connectivity index (χ0v) is 11.1. The molecule has 0 saturated carbocycles. The molecule has 4 heteroatoms. The van der Waals surface area contributed by atoms with Gasteiger partial charge >= 0.3 is 0 Å². The number of rotatable bonds is 4. The lowest BCUT2D eigenvalue weighted by molar-refractivity contribution is 1.05. The Labute approximate surface area is 116 Å². The Hall–Kier alpha value is -2.20. The molecule has 3 rings (SSSR count). The van der Waals surface area contributed by atoms with Crippen molar-refractivity contribution in [1.29, 1.82) is 0 Å². The molecule has 1 heterocycles. The van der Waals surface area contributed by atoms with E-state index in [0.29, 0.717) is 0 Å². The average molecular weight is 267 g/mol. The second-order valence-electron chi connectivity index (χ2n) is 4.16. The van der Waals surface area contributed by atoms with Crippen LogP contribution >= 0.6 is 11.3 Å². The molecule has 94 valence electrons. The first-order chi connectivity index (χ1) is 9.42. The summed E-state index contributed by atoms with van der Waals surface area (Å²) in [6.45, 7) is 0.768. The van der Waals surface area contributed by atoms with Gasteiger partial charge in [0.05, 0.1) is 0 Å². The van der Waals surface area contributed by atoms with Crippen LogP contribution in [-0.2, 0) is 6.54 Å². The Bertz CT molecular complexity index is 618. The summed E-state index contributed by atoms with van der Waals surface area (Å²) in [5, 5.41) is 11.8. The molecule has 0 fully saturated rings. The van der Waals surface area contributed by atoms with Crippen molar-refractivity contribution < 1.29 is 0 Å². The second-order valence-corrected chi connectivity index (χ2v) is 4.99. The van der Waals surface area contributed by atoms with Gasteiger partial charge in [-0.15, -0.1) is 10.2 Å². The van der Waals surface area contributed by atoms with Crippen LogP contribution in [0, 0.1) is 0 Å². The third-order valence-electron chi connectivity index (χ3n) is 2.86. The molecule has 1 aromatic heterocycles. The van der Waals surface area contributed by atoms with Gasteiger partial charge in [0.15, 0.2) is 0 Å². The van der Waals surface area contributed by atoms with Gasteiger partial charge in [0.25, 0.3) is 0 Å². The summed E-state index contributed by atoms with van der Waals surface area (Å²) in [6.07, 6.45) is 0. The molecule has 0 aliphatic heterocycles. The smallest absolute Gasteiger partial charge is 0.205 e. The highest BCUT2D eigenvalue weighted by Crippen LogP contribution is 2.19. The number of hydrogen-bond acceptors (Lipinski definition) is 4. The van der Waals surface area contributed by atoms with Gasteiger partial charge in [-0.05, 0) is 16.7 Å². The van der Waals surface area contributed by atoms with Gasteiger partial charge < -0.3 is 5.32 Å². The Morgan fingerprint density at radius 3 is 2.32 bits per heavy atom. The molecular weight excluding hydrogens is 254 g/mol. The molecule has 0 amide bonds. The summed E-state index contributed by atoms with van der Waals surface area (Å²) < 4.78 is 0. The summed E-state index contributed by atoms with van der Waals surface area (Å²) in [5.74, 6) is 0. The fourth-order valence-electron chi connectivity index (χ4n) is 1.87. The van der Waals surface area contributed by atoms with Crippen LogP contribution in [0.5, 0.6) is 0 Å². The molecule has 19 heavy (non-hydrogen) atoms. The summed E-state index contributed by atoms with van der Waals surface area (Å²) in [6, 6.07) is 18.9. The van der Waals surface area contributed by atoms with Crippen LogP contribution in [0.4, 0.5) is 5.13 Å². The van der Waals surface area contributed by atoms with Crippen molar-refractivity contribution >= 4 is 16.5 Å². The monoisotopic (exact) mass is 267 g/mol. The molecule has 3 nitrogen and oxygen atoms in total. The van der Waals surface area contributed by atoms with Crippen LogP contribution in [0.25, 0.3) is 11.1 Å². The van der Waals surface area contributed by atoms with Crippen molar-refractivity contribution in [3.8, 4) is 11.1 Å². The van der Waals surface area contributed by atoms with E-state index in [0.717, 1.165) is 11.7 Å². The maximum absolute atomic E-state index is 3.95. The van der Waals surface area contributed by atoms with Gasteiger partial charge in [-0.1, -0.05) is 65.9 Å². The molecule has 3 aromatic rings. The van der Waals surface area contributed by atoms with Crippen LogP contribution in [0.15, 0.2) is 60.1 Å². The SMILES string of the molecule is c1ccc(-c2ccc(CNc3nncs3)cc2)cc1. The van der Waals surface area contributed by atoms with Gasteiger partial charge in [-0.2, -0.15) is 0 Å². The van der Waals surface area contributed by atoms with Gasteiger partial charge in [0.1, 0.15) is 5.51 Å². The first-order valence-corrected chi connectivity index (χ1v) is 6.94. The van der Waals surface area contributed by atoms with Crippen LogP contribution < -0.4 is 5.32 Å². The maximum atomic E-state index is 3.95. The van der Waals surface area contributed by atoms with Crippen molar-refractivity contribution in [2.75, 3.05) is 5.32 Å². The number of anilines is 1. The minimum Gasteiger partial charge on any atom is -0.356 e. The molecule has 0 spiro atoms. The van der Waals surface area contributed by atoms with E-state index in [4.69, 9.17) is 0 Å². The molecule has 0 aliphatic carbocycles. The van der Waals surface area contributed by atoms with E-state index in [-0.39, 0.29) is 0 Å². The number of hydrogen-bond donors (Lipinski definition) is 1. The molecule has 0 aliphatic rings. The standard InChI is InChI=1S/C15H13N3S/c1-2-4-13(5-3-1)14-8-6-12(7-9-14)10-16-15-18-17-11-19-15/h1-9,11H,10H2,(H,16,18). The van der Waals surface area contributed by atoms with Crippen molar-refractivity contribution in [2.45, 2.75) is 6.54 Å². The molecule has 0 radical (unpaired) electrons. The lowest BCUT2D eigenvalue weighted by Gasteiger charge is -2.05. The summed E-state index contributed by atoms with van der Waals surface area (Å²) in [4.78, 5) is 0. The van der Waals surface area contributed by atoms with E-state index in [1.165, 1.54) is 28.0 Å². The highest BCUT2D eigenvalue weighted by atomic mass is 32.1. The third kappa shape index (κ3) is 2.98. The van der Waals surface area contributed by atoms with Gasteiger partial charge in [0, 0.05) is 6.54 Å². The van der Waals surface area contributed by atoms with Gasteiger partial charge in [0.2, 0.25) is 5.13 Å². The van der Waals surface area contributed by atoms with Crippen LogP contribution in [0.3, 0.4) is 0 Å². The van der Waals surface area contributed by atoms with Crippen molar-refractivity contribution in [3.05, 3.63) is 65.7 Å². The topological polar surface area (TPSA) is 37.8 Å². The first-order valence-electron chi connectivity index (χ1n) is 6.06. The third-order valence-corrected chi connectivity index (χ3v) is 3.51. The minimum atomic E-state index is 0.768. The van der Waals surface area contributed by atoms with Gasteiger partial charge in [-0.25, -0.2) is 0 Å². The predicted molar refractivity (Wildman–Crippen MR) is 79.1 cm³/mol. The summed E-state index contributed by atoms with van der Waals surface area (Å²) in [7, 11) is 0. The summed E-state index contributed by atoms with van der Waals surface area (Å²) in [5.41, 5.74) is 5.43. The van der Waals surface area contributed by atoms with E-state index in [9.17, 15) is 0 Å². The molecule has 2 aromatic carbocycles. The number of benzene rings is 2. The Morgan fingerprint density at radius 2 is 1.63 bits per heavy atom. The van der Waals surface area contributed by atoms with E-state index < -0.39 is 0 Å². The zero-order chi connectivity index (χ0) is 12.9. The van der Waals surface area contributed by atoms with E-state index in [2.05, 4.69) is 64.0 Å². The Morgan fingerprint density at radius 1 is 0.895 bits per heavy atom. The van der Waals surface area contributed by atoms with Crippen molar-refractivity contribution in [3.63, 3.8) is 0 Å². The highest BCUT2D eigenvalue weighted by Gasteiger charge is 1.99. The highest BCUT2D eigenvalue weighted by molar-refractivity contribution is 7.13. The van der Waals surface area contributed by atoms with Crippen LogP contribution in [0.1, 0.15) is 5.56 Å². The molecule has 0 bridgehead atoms. The maximum Gasteiger partial charge on any atom is 0.205 e. The quantitative estimate of drug-likeness (QED) is 0.781. The molecule has 0 unspecified atom stereocenters. The largest absolute Gasteiger partial charge is 0.356 e. The fraction of sp³-hybridized carbons (Fsp3) is 0.0667. The Balaban J connectivity index is 1.69. The average Bonchev–Trinajstić information content (AvgIpc) is 3.00.